The van der Waals surface area contributed by atoms with E-state index in [0.29, 0.717) is 0 Å². The second kappa shape index (κ2) is 8.97. The molecule has 0 aliphatic carbocycles. The Kier molecular flexibility index (Phi) is 5.96. The van der Waals surface area contributed by atoms with E-state index in [4.69, 9.17) is 0 Å². The third-order valence-electron chi connectivity index (χ3n) is 5.68. The first kappa shape index (κ1) is 19.9. The van der Waals surface area contributed by atoms with Gasteiger partial charge < -0.3 is 10.4 Å². The summed E-state index contributed by atoms with van der Waals surface area (Å²) >= 11 is 0. The van der Waals surface area contributed by atoms with Gasteiger partial charge >= 0.3 is 0 Å². The maximum Gasteiger partial charge on any atom is 0.241 e. The minimum absolute atomic E-state index is 0.000125. The summed E-state index contributed by atoms with van der Waals surface area (Å²) in [6, 6.07) is 25.1. The zero-order chi connectivity index (χ0) is 20.9. The molecule has 4 nitrogen and oxygen atoms in total. The van der Waals surface area contributed by atoms with Crippen molar-refractivity contribution in [3.8, 4) is 16.9 Å². The topological polar surface area (TPSA) is 52.6 Å². The van der Waals surface area contributed by atoms with Gasteiger partial charge in [-0.05, 0) is 48.2 Å². The molecule has 0 radical (unpaired) electrons. The quantitative estimate of drug-likeness (QED) is 0.623. The third kappa shape index (κ3) is 4.44. The molecule has 3 aromatic rings. The van der Waals surface area contributed by atoms with Gasteiger partial charge in [0.05, 0.1) is 6.04 Å². The summed E-state index contributed by atoms with van der Waals surface area (Å²) in [5.74, 6) is 0.276. The number of hydrogen-bond acceptors (Lipinski definition) is 3. The SMILES string of the molecule is CC(C(=O)Nc1ccccc1-c1ccccc1)N1CC=C(c2ccc(O)cc2)CC1. The summed E-state index contributed by atoms with van der Waals surface area (Å²) in [6.45, 7) is 3.51. The van der Waals surface area contributed by atoms with Gasteiger partial charge in [0.2, 0.25) is 5.91 Å². The lowest BCUT2D eigenvalue weighted by Gasteiger charge is -2.31. The number of phenolic OH excluding ortho intramolecular Hbond substituents is 1. The molecule has 1 heterocycles. The second-order valence-corrected chi connectivity index (χ2v) is 7.60. The minimum Gasteiger partial charge on any atom is -0.508 e. The average Bonchev–Trinajstić information content (AvgIpc) is 2.80. The molecule has 2 N–H and O–H groups in total. The van der Waals surface area contributed by atoms with Crippen LogP contribution in [0.2, 0.25) is 0 Å². The van der Waals surface area contributed by atoms with Crippen LogP contribution in [-0.2, 0) is 4.79 Å². The van der Waals surface area contributed by atoms with E-state index in [1.54, 1.807) is 12.1 Å². The molecule has 0 spiro atoms. The first-order valence-corrected chi connectivity index (χ1v) is 10.3. The van der Waals surface area contributed by atoms with Gasteiger partial charge in [0.15, 0.2) is 0 Å². The Hall–Kier alpha value is -3.37. The van der Waals surface area contributed by atoms with Gasteiger partial charge in [-0.2, -0.15) is 0 Å². The van der Waals surface area contributed by atoms with Crippen molar-refractivity contribution in [3.05, 3.63) is 90.5 Å². The Morgan fingerprint density at radius 1 is 0.933 bits per heavy atom. The summed E-state index contributed by atoms with van der Waals surface area (Å²) in [4.78, 5) is 15.2. The number of benzene rings is 3. The zero-order valence-electron chi connectivity index (χ0n) is 17.1. The fourth-order valence-corrected chi connectivity index (χ4v) is 3.84. The van der Waals surface area contributed by atoms with Crippen LogP contribution in [0.5, 0.6) is 5.75 Å². The van der Waals surface area contributed by atoms with Gasteiger partial charge in [-0.3, -0.25) is 9.69 Å². The Labute approximate surface area is 177 Å². The fraction of sp³-hybridized carbons (Fsp3) is 0.192. The number of carbonyl (C=O) groups is 1. The van der Waals surface area contributed by atoms with Crippen LogP contribution in [0.15, 0.2) is 84.9 Å². The van der Waals surface area contributed by atoms with Crippen molar-refractivity contribution >= 4 is 17.2 Å². The molecule has 0 aromatic heterocycles. The molecular formula is C26H26N2O2. The molecular weight excluding hydrogens is 372 g/mol. The van der Waals surface area contributed by atoms with Crippen LogP contribution in [0, 0.1) is 0 Å². The summed E-state index contributed by atoms with van der Waals surface area (Å²) in [5, 5.41) is 12.6. The number of hydrogen-bond donors (Lipinski definition) is 2. The molecule has 1 aliphatic rings. The molecule has 30 heavy (non-hydrogen) atoms. The smallest absolute Gasteiger partial charge is 0.241 e. The molecule has 152 valence electrons. The van der Waals surface area contributed by atoms with E-state index in [1.165, 1.54) is 5.57 Å². The van der Waals surface area contributed by atoms with E-state index < -0.39 is 0 Å². The summed E-state index contributed by atoms with van der Waals surface area (Å²) < 4.78 is 0. The molecule has 4 rings (SSSR count). The van der Waals surface area contributed by atoms with Gasteiger partial charge in [0.1, 0.15) is 5.75 Å². The van der Waals surface area contributed by atoms with Gasteiger partial charge in [0, 0.05) is 24.3 Å². The predicted molar refractivity (Wildman–Crippen MR) is 122 cm³/mol. The first-order chi connectivity index (χ1) is 14.6. The van der Waals surface area contributed by atoms with E-state index in [-0.39, 0.29) is 17.7 Å². The van der Waals surface area contributed by atoms with Gasteiger partial charge in [-0.25, -0.2) is 0 Å². The Morgan fingerprint density at radius 3 is 2.33 bits per heavy atom. The van der Waals surface area contributed by atoms with Crippen LogP contribution in [0.3, 0.4) is 0 Å². The normalized spacial score (nSPS) is 15.3. The van der Waals surface area contributed by atoms with Gasteiger partial charge in [0.25, 0.3) is 0 Å². The number of para-hydroxylation sites is 1. The molecule has 4 heteroatoms. The van der Waals surface area contributed by atoms with Crippen molar-refractivity contribution in [2.24, 2.45) is 0 Å². The van der Waals surface area contributed by atoms with Crippen molar-refractivity contribution in [1.82, 2.24) is 4.90 Å². The number of anilines is 1. The van der Waals surface area contributed by atoms with Crippen LogP contribution < -0.4 is 5.32 Å². The molecule has 0 bridgehead atoms. The number of nitrogens with one attached hydrogen (secondary N) is 1. The maximum absolute atomic E-state index is 13.0. The van der Waals surface area contributed by atoms with Gasteiger partial charge in [-0.1, -0.05) is 66.7 Å². The Morgan fingerprint density at radius 2 is 1.63 bits per heavy atom. The van der Waals surface area contributed by atoms with E-state index in [9.17, 15) is 9.90 Å². The number of rotatable bonds is 5. The van der Waals surface area contributed by atoms with Crippen LogP contribution in [0.1, 0.15) is 18.9 Å². The molecule has 3 aromatic carbocycles. The Bertz CT molecular complexity index is 1040. The summed E-state index contributed by atoms with van der Waals surface area (Å²) in [7, 11) is 0. The first-order valence-electron chi connectivity index (χ1n) is 10.3. The minimum atomic E-state index is -0.230. The van der Waals surface area contributed by atoms with E-state index >= 15 is 0 Å². The number of nitrogens with zero attached hydrogens (tertiary/aromatic N) is 1. The molecule has 0 fully saturated rings. The number of aromatic hydroxyl groups is 1. The van der Waals surface area contributed by atoms with E-state index in [1.807, 2.05) is 61.5 Å². The van der Waals surface area contributed by atoms with Crippen LogP contribution in [0.4, 0.5) is 5.69 Å². The number of amides is 1. The molecule has 0 saturated carbocycles. The zero-order valence-corrected chi connectivity index (χ0v) is 17.1. The highest BCUT2D eigenvalue weighted by atomic mass is 16.3. The maximum atomic E-state index is 13.0. The molecule has 1 aliphatic heterocycles. The predicted octanol–water partition coefficient (Wildman–Crippen LogP) is 5.18. The Balaban J connectivity index is 1.44. The second-order valence-electron chi connectivity index (χ2n) is 7.60. The third-order valence-corrected chi connectivity index (χ3v) is 5.68. The van der Waals surface area contributed by atoms with E-state index in [2.05, 4.69) is 28.4 Å². The molecule has 1 unspecified atom stereocenters. The van der Waals surface area contributed by atoms with Crippen molar-refractivity contribution in [2.45, 2.75) is 19.4 Å². The van der Waals surface area contributed by atoms with Crippen LogP contribution >= 0.6 is 0 Å². The standard InChI is InChI=1S/C26H26N2O2/c1-19(28-17-15-21(16-18-28)20-11-13-23(29)14-12-20)26(30)27-25-10-6-5-9-24(25)22-7-3-2-4-8-22/h2-15,19,29H,16-18H2,1H3,(H,27,30). The van der Waals surface area contributed by atoms with Crippen molar-refractivity contribution in [1.29, 1.82) is 0 Å². The average molecular weight is 399 g/mol. The molecule has 0 saturated heterocycles. The highest BCUT2D eigenvalue weighted by Gasteiger charge is 2.24. The van der Waals surface area contributed by atoms with Crippen LogP contribution in [-0.4, -0.2) is 35.0 Å². The highest BCUT2D eigenvalue weighted by molar-refractivity contribution is 5.98. The lowest BCUT2D eigenvalue weighted by molar-refractivity contribution is -0.120. The number of carbonyl (C=O) groups excluding carboxylic acids is 1. The monoisotopic (exact) mass is 398 g/mol. The van der Waals surface area contributed by atoms with Crippen LogP contribution in [0.25, 0.3) is 16.7 Å². The van der Waals surface area contributed by atoms with Gasteiger partial charge in [-0.15, -0.1) is 0 Å². The summed E-state index contributed by atoms with van der Waals surface area (Å²) in [5.41, 5.74) is 5.32. The van der Waals surface area contributed by atoms with Crippen molar-refractivity contribution in [3.63, 3.8) is 0 Å². The van der Waals surface area contributed by atoms with Crippen molar-refractivity contribution in [2.75, 3.05) is 18.4 Å². The number of phenols is 1. The molecule has 1 atom stereocenters. The molecule has 1 amide bonds. The summed E-state index contributed by atoms with van der Waals surface area (Å²) in [6.07, 6.45) is 3.06. The van der Waals surface area contributed by atoms with Crippen molar-refractivity contribution < 1.29 is 9.90 Å². The highest BCUT2D eigenvalue weighted by Crippen LogP contribution is 2.28. The fourth-order valence-electron chi connectivity index (χ4n) is 3.84. The lowest BCUT2D eigenvalue weighted by Crippen LogP contribution is -2.44. The largest absolute Gasteiger partial charge is 0.508 e. The lowest BCUT2D eigenvalue weighted by atomic mass is 9.98. The van der Waals surface area contributed by atoms with E-state index in [0.717, 1.165) is 41.9 Å².